The van der Waals surface area contributed by atoms with Crippen LogP contribution in [0.25, 0.3) is 11.4 Å². The second-order valence-electron chi connectivity index (χ2n) is 5.91. The molecule has 0 saturated carbocycles. The van der Waals surface area contributed by atoms with E-state index in [1.807, 2.05) is 0 Å². The topological polar surface area (TPSA) is 106 Å². The number of carboxylic acid groups (broad SMARTS) is 1. The molecule has 1 amide bonds. The number of carbonyl (C=O) groups is 2. The quantitative estimate of drug-likeness (QED) is 0.829. The number of aryl methyl sites for hydroxylation is 1. The first-order valence-corrected chi connectivity index (χ1v) is 8.23. The molecule has 1 N–H and O–H groups in total. The summed E-state index contributed by atoms with van der Waals surface area (Å²) in [5, 5.41) is 12.8. The van der Waals surface area contributed by atoms with Crippen LogP contribution in [0.5, 0.6) is 0 Å². The minimum absolute atomic E-state index is 0.0590. The van der Waals surface area contributed by atoms with E-state index in [0.29, 0.717) is 36.7 Å². The maximum absolute atomic E-state index is 12.9. The van der Waals surface area contributed by atoms with Gasteiger partial charge in [0.25, 0.3) is 0 Å². The zero-order chi connectivity index (χ0) is 18.5. The fourth-order valence-corrected chi connectivity index (χ4v) is 2.65. The van der Waals surface area contributed by atoms with E-state index in [0.717, 1.165) is 0 Å². The minimum Gasteiger partial charge on any atom is -0.479 e. The Hall–Kier alpha value is -2.81. The van der Waals surface area contributed by atoms with Crippen LogP contribution < -0.4 is 0 Å². The summed E-state index contributed by atoms with van der Waals surface area (Å²) < 4.78 is 23.2. The fraction of sp³-hybridized carbons (Fsp3) is 0.412. The van der Waals surface area contributed by atoms with E-state index in [-0.39, 0.29) is 31.3 Å². The van der Waals surface area contributed by atoms with E-state index in [9.17, 15) is 14.0 Å². The zero-order valence-corrected chi connectivity index (χ0v) is 13.9. The molecule has 8 nitrogen and oxygen atoms in total. The van der Waals surface area contributed by atoms with E-state index in [1.54, 1.807) is 12.1 Å². The standard InChI is InChI=1S/C17H18FN3O5/c18-12-6-4-11(5-7-12)16-19-14(26-20-16)2-1-3-15(22)21-8-9-25-13(10-21)17(23)24/h4-7,13H,1-3,8-10H2,(H,23,24)/t13-/m1/s1. The lowest BCUT2D eigenvalue weighted by atomic mass is 10.2. The summed E-state index contributed by atoms with van der Waals surface area (Å²) >= 11 is 0. The number of morpholine rings is 1. The molecule has 9 heteroatoms. The molecule has 0 aliphatic carbocycles. The normalized spacial score (nSPS) is 17.3. The van der Waals surface area contributed by atoms with Crippen LogP contribution in [-0.4, -0.2) is 57.8 Å². The number of carboxylic acids is 1. The Labute approximate surface area is 148 Å². The molecule has 0 radical (unpaired) electrons. The van der Waals surface area contributed by atoms with Gasteiger partial charge in [0.05, 0.1) is 13.2 Å². The first kappa shape index (κ1) is 18.0. The number of benzene rings is 1. The van der Waals surface area contributed by atoms with Gasteiger partial charge in [-0.1, -0.05) is 5.16 Å². The van der Waals surface area contributed by atoms with Gasteiger partial charge >= 0.3 is 5.97 Å². The number of carbonyl (C=O) groups excluding carboxylic acids is 1. The van der Waals surface area contributed by atoms with Gasteiger partial charge in [0.15, 0.2) is 6.10 Å². The molecule has 138 valence electrons. The predicted octanol–water partition coefficient (Wildman–Crippen LogP) is 1.51. The Morgan fingerprint density at radius 3 is 2.81 bits per heavy atom. The Morgan fingerprint density at radius 2 is 2.08 bits per heavy atom. The largest absolute Gasteiger partial charge is 0.479 e. The highest BCUT2D eigenvalue weighted by Gasteiger charge is 2.28. The van der Waals surface area contributed by atoms with Gasteiger partial charge < -0.3 is 19.3 Å². The van der Waals surface area contributed by atoms with Crippen molar-refractivity contribution >= 4 is 11.9 Å². The minimum atomic E-state index is -1.07. The molecular formula is C17H18FN3O5. The van der Waals surface area contributed by atoms with E-state index < -0.39 is 12.1 Å². The summed E-state index contributed by atoms with van der Waals surface area (Å²) in [6, 6.07) is 5.75. The maximum atomic E-state index is 12.9. The lowest BCUT2D eigenvalue weighted by Gasteiger charge is -2.30. The number of rotatable bonds is 6. The van der Waals surface area contributed by atoms with E-state index in [1.165, 1.54) is 17.0 Å². The first-order chi connectivity index (χ1) is 12.5. The van der Waals surface area contributed by atoms with Crippen molar-refractivity contribution in [1.82, 2.24) is 15.0 Å². The zero-order valence-electron chi connectivity index (χ0n) is 13.9. The Balaban J connectivity index is 1.48. The Bertz CT molecular complexity index is 777. The van der Waals surface area contributed by atoms with Crippen LogP contribution in [0.2, 0.25) is 0 Å². The van der Waals surface area contributed by atoms with Crippen LogP contribution in [0.1, 0.15) is 18.7 Å². The molecule has 2 heterocycles. The van der Waals surface area contributed by atoms with Crippen LogP contribution in [0.4, 0.5) is 4.39 Å². The molecule has 1 aromatic carbocycles. The molecule has 2 aromatic rings. The van der Waals surface area contributed by atoms with Gasteiger partial charge in [-0.15, -0.1) is 0 Å². The molecular weight excluding hydrogens is 345 g/mol. The highest BCUT2D eigenvalue weighted by molar-refractivity contribution is 5.78. The lowest BCUT2D eigenvalue weighted by molar-refractivity contribution is -0.159. The molecule has 1 aliphatic heterocycles. The fourth-order valence-electron chi connectivity index (χ4n) is 2.65. The summed E-state index contributed by atoms with van der Waals surface area (Å²) in [6.07, 6.45) is 0.202. The lowest BCUT2D eigenvalue weighted by Crippen LogP contribution is -2.48. The van der Waals surface area contributed by atoms with Crippen LogP contribution >= 0.6 is 0 Å². The number of amides is 1. The third kappa shape index (κ3) is 4.42. The summed E-state index contributed by atoms with van der Waals surface area (Å²) in [4.78, 5) is 28.9. The van der Waals surface area contributed by atoms with Gasteiger partial charge in [-0.05, 0) is 30.7 Å². The number of nitrogens with zero attached hydrogens (tertiary/aromatic N) is 3. The van der Waals surface area contributed by atoms with E-state index >= 15 is 0 Å². The van der Waals surface area contributed by atoms with Crippen molar-refractivity contribution in [3.63, 3.8) is 0 Å². The van der Waals surface area contributed by atoms with Gasteiger partial charge in [-0.3, -0.25) is 4.79 Å². The number of ether oxygens (including phenoxy) is 1. The molecule has 1 aromatic heterocycles. The van der Waals surface area contributed by atoms with Crippen molar-refractivity contribution in [2.24, 2.45) is 0 Å². The summed E-state index contributed by atoms with van der Waals surface area (Å²) in [5.74, 6) is -0.782. The van der Waals surface area contributed by atoms with Crippen LogP contribution in [0.3, 0.4) is 0 Å². The second kappa shape index (κ2) is 8.05. The van der Waals surface area contributed by atoms with Gasteiger partial charge in [-0.2, -0.15) is 4.98 Å². The van der Waals surface area contributed by atoms with Crippen molar-refractivity contribution in [3.05, 3.63) is 36.0 Å². The molecule has 1 aliphatic rings. The average Bonchev–Trinajstić information content (AvgIpc) is 3.11. The van der Waals surface area contributed by atoms with Crippen molar-refractivity contribution in [2.75, 3.05) is 19.7 Å². The van der Waals surface area contributed by atoms with Crippen molar-refractivity contribution in [2.45, 2.75) is 25.4 Å². The van der Waals surface area contributed by atoms with Crippen molar-refractivity contribution in [1.29, 1.82) is 0 Å². The monoisotopic (exact) mass is 363 g/mol. The second-order valence-corrected chi connectivity index (χ2v) is 5.91. The SMILES string of the molecule is O=C(O)[C@H]1CN(C(=O)CCCc2nc(-c3ccc(F)cc3)no2)CCO1. The van der Waals surface area contributed by atoms with Crippen LogP contribution in [-0.2, 0) is 20.7 Å². The first-order valence-electron chi connectivity index (χ1n) is 8.23. The van der Waals surface area contributed by atoms with Crippen LogP contribution in [0.15, 0.2) is 28.8 Å². The smallest absolute Gasteiger partial charge is 0.334 e. The van der Waals surface area contributed by atoms with Gasteiger partial charge in [0.2, 0.25) is 17.6 Å². The number of aromatic nitrogens is 2. The third-order valence-corrected chi connectivity index (χ3v) is 4.05. The van der Waals surface area contributed by atoms with E-state index in [4.69, 9.17) is 14.4 Å². The van der Waals surface area contributed by atoms with Gasteiger partial charge in [-0.25, -0.2) is 9.18 Å². The number of hydrogen-bond acceptors (Lipinski definition) is 6. The Morgan fingerprint density at radius 1 is 1.31 bits per heavy atom. The Kier molecular flexibility index (Phi) is 5.57. The number of aliphatic carboxylic acids is 1. The molecule has 1 fully saturated rings. The highest BCUT2D eigenvalue weighted by Crippen LogP contribution is 2.17. The molecule has 26 heavy (non-hydrogen) atoms. The summed E-state index contributed by atoms with van der Waals surface area (Å²) in [6.45, 7) is 0.661. The molecule has 3 rings (SSSR count). The number of hydrogen-bond donors (Lipinski definition) is 1. The molecule has 1 atom stereocenters. The molecule has 0 spiro atoms. The van der Waals surface area contributed by atoms with Crippen molar-refractivity contribution < 1.29 is 28.3 Å². The average molecular weight is 363 g/mol. The summed E-state index contributed by atoms with van der Waals surface area (Å²) in [7, 11) is 0. The number of halogens is 1. The van der Waals surface area contributed by atoms with Crippen LogP contribution in [0, 0.1) is 5.82 Å². The van der Waals surface area contributed by atoms with Gasteiger partial charge in [0.1, 0.15) is 5.82 Å². The van der Waals surface area contributed by atoms with E-state index in [2.05, 4.69) is 10.1 Å². The predicted molar refractivity (Wildman–Crippen MR) is 86.6 cm³/mol. The van der Waals surface area contributed by atoms with Crippen molar-refractivity contribution in [3.8, 4) is 11.4 Å². The molecule has 0 bridgehead atoms. The maximum Gasteiger partial charge on any atom is 0.334 e. The summed E-state index contributed by atoms with van der Waals surface area (Å²) in [5.41, 5.74) is 0.644. The third-order valence-electron chi connectivity index (χ3n) is 4.05. The molecule has 0 unspecified atom stereocenters. The highest BCUT2D eigenvalue weighted by atomic mass is 19.1. The molecule has 1 saturated heterocycles. The van der Waals surface area contributed by atoms with Gasteiger partial charge in [0, 0.05) is 24.9 Å².